The SMILES string of the molecule is CCOCCc1c(O)nc(SCC(=O)N2CCCCCC2)[nH]c1=O. The third-order valence-corrected chi connectivity index (χ3v) is 4.82. The van der Waals surface area contributed by atoms with Gasteiger partial charge in [-0.2, -0.15) is 4.98 Å². The zero-order chi connectivity index (χ0) is 17.4. The van der Waals surface area contributed by atoms with Crippen LogP contribution >= 0.6 is 11.8 Å². The highest BCUT2D eigenvalue weighted by atomic mass is 32.2. The number of hydrogen-bond donors (Lipinski definition) is 2. The summed E-state index contributed by atoms with van der Waals surface area (Å²) < 4.78 is 5.19. The van der Waals surface area contributed by atoms with E-state index in [9.17, 15) is 14.7 Å². The molecule has 0 aliphatic carbocycles. The van der Waals surface area contributed by atoms with Crippen molar-refractivity contribution in [3.63, 3.8) is 0 Å². The molecule has 0 saturated carbocycles. The fourth-order valence-corrected chi connectivity index (χ4v) is 3.38. The number of aromatic nitrogens is 2. The molecule has 8 heteroatoms. The van der Waals surface area contributed by atoms with Crippen molar-refractivity contribution in [1.82, 2.24) is 14.9 Å². The Hall–Kier alpha value is -1.54. The number of thioether (sulfide) groups is 1. The van der Waals surface area contributed by atoms with Crippen molar-refractivity contribution < 1.29 is 14.6 Å². The highest BCUT2D eigenvalue weighted by Gasteiger charge is 2.17. The minimum atomic E-state index is -0.382. The summed E-state index contributed by atoms with van der Waals surface area (Å²) in [6, 6.07) is 0. The van der Waals surface area contributed by atoms with Crippen molar-refractivity contribution in [2.75, 3.05) is 32.1 Å². The summed E-state index contributed by atoms with van der Waals surface area (Å²) >= 11 is 1.15. The maximum atomic E-state index is 12.2. The van der Waals surface area contributed by atoms with E-state index in [1.165, 1.54) is 12.8 Å². The predicted octanol–water partition coefficient (Wildman–Crippen LogP) is 1.55. The number of ether oxygens (including phenoxy) is 1. The number of nitrogens with one attached hydrogen (secondary N) is 1. The normalized spacial score (nSPS) is 15.3. The molecule has 1 amide bonds. The van der Waals surface area contributed by atoms with Crippen molar-refractivity contribution >= 4 is 17.7 Å². The molecule has 1 aliphatic heterocycles. The first kappa shape index (κ1) is 18.8. The Kier molecular flexibility index (Phi) is 7.58. The van der Waals surface area contributed by atoms with Gasteiger partial charge in [-0.1, -0.05) is 24.6 Å². The lowest BCUT2D eigenvalue weighted by Gasteiger charge is -2.19. The Balaban J connectivity index is 1.92. The summed E-state index contributed by atoms with van der Waals surface area (Å²) in [6.07, 6.45) is 4.73. The molecule has 1 fully saturated rings. The standard InChI is InChI=1S/C16H25N3O4S/c1-2-23-10-7-12-14(21)17-16(18-15(12)22)24-11-13(20)19-8-5-3-4-6-9-19/h2-11H2,1H3,(H2,17,18,21,22). The highest BCUT2D eigenvalue weighted by Crippen LogP contribution is 2.18. The van der Waals surface area contributed by atoms with E-state index in [0.29, 0.717) is 19.6 Å². The molecule has 2 N–H and O–H groups in total. The molecule has 0 radical (unpaired) electrons. The topological polar surface area (TPSA) is 95.5 Å². The number of H-pyrrole nitrogens is 1. The molecule has 0 unspecified atom stereocenters. The molecule has 1 aliphatic rings. The third kappa shape index (κ3) is 5.52. The van der Waals surface area contributed by atoms with Crippen LogP contribution < -0.4 is 5.56 Å². The van der Waals surface area contributed by atoms with Crippen molar-refractivity contribution in [1.29, 1.82) is 0 Å². The van der Waals surface area contributed by atoms with E-state index in [4.69, 9.17) is 4.74 Å². The molecule has 7 nitrogen and oxygen atoms in total. The van der Waals surface area contributed by atoms with Crippen LogP contribution in [0, 0.1) is 0 Å². The largest absolute Gasteiger partial charge is 0.493 e. The second-order valence-electron chi connectivity index (χ2n) is 5.70. The first-order valence-electron chi connectivity index (χ1n) is 8.42. The molecule has 1 saturated heterocycles. The molecule has 0 bridgehead atoms. The van der Waals surface area contributed by atoms with Crippen molar-refractivity contribution in [2.45, 2.75) is 44.2 Å². The summed E-state index contributed by atoms with van der Waals surface area (Å²) in [6.45, 7) is 4.37. The van der Waals surface area contributed by atoms with Crippen molar-refractivity contribution in [2.24, 2.45) is 0 Å². The first-order chi connectivity index (χ1) is 11.6. The number of carbonyl (C=O) groups is 1. The quantitative estimate of drug-likeness (QED) is 0.438. The number of amides is 1. The molecular weight excluding hydrogens is 330 g/mol. The molecule has 1 aromatic heterocycles. The maximum absolute atomic E-state index is 12.2. The van der Waals surface area contributed by atoms with Gasteiger partial charge in [-0.25, -0.2) is 0 Å². The predicted molar refractivity (Wildman–Crippen MR) is 92.5 cm³/mol. The van der Waals surface area contributed by atoms with Gasteiger partial charge < -0.3 is 19.7 Å². The van der Waals surface area contributed by atoms with E-state index < -0.39 is 0 Å². The van der Waals surface area contributed by atoms with Crippen molar-refractivity contribution in [3.8, 4) is 5.88 Å². The average Bonchev–Trinajstić information content (AvgIpc) is 2.84. The minimum absolute atomic E-state index is 0.0458. The van der Waals surface area contributed by atoms with Crippen LogP contribution in [0.25, 0.3) is 0 Å². The summed E-state index contributed by atoms with van der Waals surface area (Å²) in [4.78, 5) is 32.7. The van der Waals surface area contributed by atoms with Crippen LogP contribution in [-0.4, -0.2) is 57.9 Å². The van der Waals surface area contributed by atoms with Crippen LogP contribution in [0.15, 0.2) is 9.95 Å². The molecule has 0 atom stereocenters. The summed E-state index contributed by atoms with van der Waals surface area (Å²) in [5.41, 5.74) is -0.168. The molecular formula is C16H25N3O4S. The van der Waals surface area contributed by atoms with Gasteiger partial charge in [0.05, 0.1) is 17.9 Å². The lowest BCUT2D eigenvalue weighted by Crippen LogP contribution is -2.33. The average molecular weight is 355 g/mol. The molecule has 134 valence electrons. The lowest BCUT2D eigenvalue weighted by atomic mass is 10.2. The second-order valence-corrected chi connectivity index (χ2v) is 6.67. The van der Waals surface area contributed by atoms with Crippen LogP contribution in [0.4, 0.5) is 0 Å². The fraction of sp³-hybridized carbons (Fsp3) is 0.688. The third-order valence-electron chi connectivity index (χ3n) is 3.96. The van der Waals surface area contributed by atoms with Gasteiger partial charge in [-0.05, 0) is 19.8 Å². The van der Waals surface area contributed by atoms with E-state index in [2.05, 4.69) is 9.97 Å². The Bertz CT molecular complexity index is 597. The zero-order valence-corrected chi connectivity index (χ0v) is 14.9. The number of aromatic amines is 1. The fourth-order valence-electron chi connectivity index (χ4n) is 2.62. The smallest absolute Gasteiger partial charge is 0.258 e. The van der Waals surface area contributed by atoms with E-state index in [-0.39, 0.29) is 33.8 Å². The van der Waals surface area contributed by atoms with Gasteiger partial charge in [0.2, 0.25) is 11.8 Å². The summed E-state index contributed by atoms with van der Waals surface area (Å²) in [7, 11) is 0. The molecule has 2 rings (SSSR count). The van der Waals surface area contributed by atoms with Gasteiger partial charge >= 0.3 is 0 Å². The number of nitrogens with zero attached hydrogens (tertiary/aromatic N) is 2. The molecule has 2 heterocycles. The lowest BCUT2D eigenvalue weighted by molar-refractivity contribution is -0.128. The van der Waals surface area contributed by atoms with E-state index in [1.54, 1.807) is 0 Å². The summed E-state index contributed by atoms with van der Waals surface area (Å²) in [5.74, 6) is -0.0339. The number of aromatic hydroxyl groups is 1. The number of likely N-dealkylation sites (tertiary alicyclic amines) is 1. The molecule has 24 heavy (non-hydrogen) atoms. The van der Waals surface area contributed by atoms with Crippen LogP contribution in [0.3, 0.4) is 0 Å². The van der Waals surface area contributed by atoms with Gasteiger partial charge in [0.1, 0.15) is 0 Å². The van der Waals surface area contributed by atoms with Crippen LogP contribution in [0.1, 0.15) is 38.2 Å². The Morgan fingerprint density at radius 2 is 2.04 bits per heavy atom. The van der Waals surface area contributed by atoms with Crippen LogP contribution in [-0.2, 0) is 16.0 Å². The van der Waals surface area contributed by atoms with Gasteiger partial charge in [0.15, 0.2) is 5.16 Å². The first-order valence-corrected chi connectivity index (χ1v) is 9.41. The Labute approximate surface area is 145 Å². The molecule has 0 aromatic carbocycles. The maximum Gasteiger partial charge on any atom is 0.258 e. The van der Waals surface area contributed by atoms with Crippen molar-refractivity contribution in [3.05, 3.63) is 15.9 Å². The van der Waals surface area contributed by atoms with E-state index in [1.807, 2.05) is 11.8 Å². The van der Waals surface area contributed by atoms with Crippen LogP contribution in [0.5, 0.6) is 5.88 Å². The Morgan fingerprint density at radius 1 is 1.33 bits per heavy atom. The van der Waals surface area contributed by atoms with Crippen LogP contribution in [0.2, 0.25) is 0 Å². The van der Waals surface area contributed by atoms with Gasteiger partial charge in [-0.15, -0.1) is 0 Å². The summed E-state index contributed by atoms with van der Waals surface area (Å²) in [5, 5.41) is 10.2. The minimum Gasteiger partial charge on any atom is -0.493 e. The zero-order valence-electron chi connectivity index (χ0n) is 14.0. The monoisotopic (exact) mass is 355 g/mol. The van der Waals surface area contributed by atoms with E-state index >= 15 is 0 Å². The van der Waals surface area contributed by atoms with E-state index in [0.717, 1.165) is 37.7 Å². The number of hydrogen-bond acceptors (Lipinski definition) is 6. The highest BCUT2D eigenvalue weighted by molar-refractivity contribution is 7.99. The van der Waals surface area contributed by atoms with Gasteiger partial charge in [0, 0.05) is 26.1 Å². The number of carbonyl (C=O) groups excluding carboxylic acids is 1. The number of rotatable bonds is 7. The second kappa shape index (κ2) is 9.68. The molecule has 0 spiro atoms. The molecule has 1 aromatic rings. The van der Waals surface area contributed by atoms with Gasteiger partial charge in [-0.3, -0.25) is 9.59 Å². The Morgan fingerprint density at radius 3 is 2.67 bits per heavy atom. The van der Waals surface area contributed by atoms with Gasteiger partial charge in [0.25, 0.3) is 5.56 Å².